The van der Waals surface area contributed by atoms with E-state index in [0.717, 1.165) is 0 Å². The first-order valence-electron chi connectivity index (χ1n) is 3.25. The normalized spacial score (nSPS) is 29.4. The topological polar surface area (TPSA) is 9.23 Å². The van der Waals surface area contributed by atoms with Gasteiger partial charge in [-0.05, 0) is 12.8 Å². The minimum Gasteiger partial charge on any atom is -0.375 e. The highest BCUT2D eigenvalue weighted by molar-refractivity contribution is 4.75. The fourth-order valence-corrected chi connectivity index (χ4v) is 1.02. The van der Waals surface area contributed by atoms with E-state index in [-0.39, 0.29) is 0 Å². The molecule has 0 aromatic carbocycles. The van der Waals surface area contributed by atoms with E-state index in [1.54, 1.807) is 0 Å². The number of hydrogen-bond donors (Lipinski definition) is 0. The molecule has 1 fully saturated rings. The molecule has 2 unspecified atom stereocenters. The molecule has 2 atom stereocenters. The molecule has 0 N–H and O–H groups in total. The van der Waals surface area contributed by atoms with E-state index in [1.807, 2.05) is 0 Å². The van der Waals surface area contributed by atoms with Crippen LogP contribution >= 0.6 is 0 Å². The van der Waals surface area contributed by atoms with Gasteiger partial charge in [-0.2, -0.15) is 0 Å². The Morgan fingerprint density at radius 2 is 2.00 bits per heavy atom. The fraction of sp³-hybridized carbons (Fsp3) is 1.00. The standard InChI is InChI=1S/C6H9F3O/c7-5(6(8)9)4-2-1-3-10-4/h4-6H,1-3H2. The first-order chi connectivity index (χ1) is 4.72. The van der Waals surface area contributed by atoms with E-state index >= 15 is 0 Å². The molecule has 60 valence electrons. The lowest BCUT2D eigenvalue weighted by Gasteiger charge is -2.13. The van der Waals surface area contributed by atoms with E-state index < -0.39 is 18.7 Å². The lowest BCUT2D eigenvalue weighted by molar-refractivity contribution is -0.0398. The average molecular weight is 154 g/mol. The van der Waals surface area contributed by atoms with Crippen LogP contribution in [0.3, 0.4) is 0 Å². The molecule has 0 spiro atoms. The molecule has 1 heterocycles. The Bertz CT molecular complexity index is 101. The van der Waals surface area contributed by atoms with Crippen LogP contribution in [-0.4, -0.2) is 25.3 Å². The minimum absolute atomic E-state index is 0.414. The molecule has 1 saturated heterocycles. The zero-order valence-electron chi connectivity index (χ0n) is 5.40. The fourth-order valence-electron chi connectivity index (χ4n) is 1.02. The largest absolute Gasteiger partial charge is 0.375 e. The van der Waals surface area contributed by atoms with Crippen LogP contribution in [0.25, 0.3) is 0 Å². The maximum Gasteiger partial charge on any atom is 0.271 e. The van der Waals surface area contributed by atoms with Crippen LogP contribution < -0.4 is 0 Å². The van der Waals surface area contributed by atoms with E-state index in [2.05, 4.69) is 0 Å². The second-order valence-corrected chi connectivity index (χ2v) is 2.33. The third kappa shape index (κ3) is 1.62. The summed E-state index contributed by atoms with van der Waals surface area (Å²) < 4.78 is 40.3. The maximum atomic E-state index is 12.4. The van der Waals surface area contributed by atoms with Gasteiger partial charge in [0.25, 0.3) is 6.43 Å². The Kier molecular flexibility index (Phi) is 2.54. The lowest BCUT2D eigenvalue weighted by Crippen LogP contribution is -2.27. The molecule has 1 aliphatic rings. The van der Waals surface area contributed by atoms with E-state index in [4.69, 9.17) is 4.74 Å². The van der Waals surface area contributed by atoms with Gasteiger partial charge in [0.1, 0.15) is 0 Å². The number of hydrogen-bond acceptors (Lipinski definition) is 1. The van der Waals surface area contributed by atoms with E-state index in [1.165, 1.54) is 0 Å². The molecule has 0 saturated carbocycles. The zero-order valence-corrected chi connectivity index (χ0v) is 5.40. The summed E-state index contributed by atoms with van der Waals surface area (Å²) in [5, 5.41) is 0. The lowest BCUT2D eigenvalue weighted by atomic mass is 10.1. The van der Waals surface area contributed by atoms with E-state index in [9.17, 15) is 13.2 Å². The molecule has 0 aliphatic carbocycles. The van der Waals surface area contributed by atoms with Gasteiger partial charge in [-0.15, -0.1) is 0 Å². The van der Waals surface area contributed by atoms with Crippen molar-refractivity contribution < 1.29 is 17.9 Å². The van der Waals surface area contributed by atoms with Crippen LogP contribution in [0.15, 0.2) is 0 Å². The van der Waals surface area contributed by atoms with Crippen LogP contribution in [0.2, 0.25) is 0 Å². The van der Waals surface area contributed by atoms with Gasteiger partial charge in [0.05, 0.1) is 6.10 Å². The Balaban J connectivity index is 2.32. The van der Waals surface area contributed by atoms with Crippen molar-refractivity contribution in [3.63, 3.8) is 0 Å². The molecule has 0 radical (unpaired) electrons. The predicted octanol–water partition coefficient (Wildman–Crippen LogP) is 1.77. The minimum atomic E-state index is -2.90. The third-order valence-corrected chi connectivity index (χ3v) is 1.56. The second kappa shape index (κ2) is 3.23. The third-order valence-electron chi connectivity index (χ3n) is 1.56. The van der Waals surface area contributed by atoms with Crippen molar-refractivity contribution in [2.45, 2.75) is 31.5 Å². The van der Waals surface area contributed by atoms with Crippen molar-refractivity contribution in [2.24, 2.45) is 0 Å². The molecule has 0 amide bonds. The molecular weight excluding hydrogens is 145 g/mol. The van der Waals surface area contributed by atoms with Gasteiger partial charge < -0.3 is 4.74 Å². The smallest absolute Gasteiger partial charge is 0.271 e. The van der Waals surface area contributed by atoms with Crippen molar-refractivity contribution in [3.8, 4) is 0 Å². The summed E-state index contributed by atoms with van der Waals surface area (Å²) in [6.07, 6.45) is -4.74. The van der Waals surface area contributed by atoms with Gasteiger partial charge in [-0.1, -0.05) is 0 Å². The molecule has 1 nitrogen and oxygen atoms in total. The van der Waals surface area contributed by atoms with Crippen molar-refractivity contribution >= 4 is 0 Å². The van der Waals surface area contributed by atoms with Crippen molar-refractivity contribution in [2.75, 3.05) is 6.61 Å². The molecule has 10 heavy (non-hydrogen) atoms. The SMILES string of the molecule is FC(F)C(F)C1CCCO1. The Hall–Kier alpha value is -0.250. The molecule has 0 bridgehead atoms. The highest BCUT2D eigenvalue weighted by Gasteiger charge is 2.32. The van der Waals surface area contributed by atoms with Gasteiger partial charge >= 0.3 is 0 Å². The number of rotatable bonds is 2. The van der Waals surface area contributed by atoms with Crippen LogP contribution in [0.1, 0.15) is 12.8 Å². The molecule has 0 aromatic rings. The average Bonchev–Trinajstić information content (AvgIpc) is 2.36. The quantitative estimate of drug-likeness (QED) is 0.589. The highest BCUT2D eigenvalue weighted by atomic mass is 19.3. The molecule has 1 aliphatic heterocycles. The second-order valence-electron chi connectivity index (χ2n) is 2.33. The summed E-state index contributed by atoms with van der Waals surface area (Å²) in [7, 11) is 0. The Morgan fingerprint density at radius 3 is 2.40 bits per heavy atom. The number of ether oxygens (including phenoxy) is 1. The first kappa shape index (κ1) is 7.85. The monoisotopic (exact) mass is 154 g/mol. The van der Waals surface area contributed by atoms with Crippen molar-refractivity contribution in [1.29, 1.82) is 0 Å². The van der Waals surface area contributed by atoms with Gasteiger partial charge in [-0.25, -0.2) is 13.2 Å². The zero-order chi connectivity index (χ0) is 7.56. The Labute approximate surface area is 57.2 Å². The van der Waals surface area contributed by atoms with Crippen LogP contribution in [0.5, 0.6) is 0 Å². The summed E-state index contributed by atoms with van der Waals surface area (Å²) in [5.41, 5.74) is 0. The van der Waals surface area contributed by atoms with Crippen molar-refractivity contribution in [3.05, 3.63) is 0 Å². The molecule has 1 rings (SSSR count). The van der Waals surface area contributed by atoms with Gasteiger partial charge in [0, 0.05) is 6.61 Å². The number of halogens is 3. The highest BCUT2D eigenvalue weighted by Crippen LogP contribution is 2.21. The Morgan fingerprint density at radius 1 is 1.30 bits per heavy atom. The molecule has 0 aromatic heterocycles. The first-order valence-corrected chi connectivity index (χ1v) is 3.25. The summed E-state index contributed by atoms with van der Waals surface area (Å²) in [6.45, 7) is 0.414. The molecular formula is C6H9F3O. The van der Waals surface area contributed by atoms with Crippen molar-refractivity contribution in [1.82, 2.24) is 0 Å². The summed E-state index contributed by atoms with van der Waals surface area (Å²) in [4.78, 5) is 0. The van der Waals surface area contributed by atoms with Crippen LogP contribution in [0, 0.1) is 0 Å². The molecule has 4 heteroatoms. The van der Waals surface area contributed by atoms with Crippen LogP contribution in [-0.2, 0) is 4.74 Å². The van der Waals surface area contributed by atoms with Gasteiger partial charge in [-0.3, -0.25) is 0 Å². The van der Waals surface area contributed by atoms with Gasteiger partial charge in [0.2, 0.25) is 0 Å². The predicted molar refractivity (Wildman–Crippen MR) is 29.9 cm³/mol. The van der Waals surface area contributed by atoms with Gasteiger partial charge in [0.15, 0.2) is 6.17 Å². The summed E-state index contributed by atoms with van der Waals surface area (Å²) >= 11 is 0. The number of alkyl halides is 3. The van der Waals surface area contributed by atoms with E-state index in [0.29, 0.717) is 19.4 Å². The summed E-state index contributed by atoms with van der Waals surface area (Å²) in [6, 6.07) is 0. The summed E-state index contributed by atoms with van der Waals surface area (Å²) in [5.74, 6) is 0. The maximum absolute atomic E-state index is 12.4. The van der Waals surface area contributed by atoms with Crippen LogP contribution in [0.4, 0.5) is 13.2 Å².